The van der Waals surface area contributed by atoms with Crippen LogP contribution in [-0.4, -0.2) is 14.8 Å². The van der Waals surface area contributed by atoms with E-state index in [1.807, 2.05) is 0 Å². The van der Waals surface area contributed by atoms with Gasteiger partial charge in [-0.3, -0.25) is 0 Å². The standard InChI is InChI=1S/C12H20ClN3/c1-4-12(6-5-7-12)8-16-10(9(2)3)14-15-11(16)13/h9H,4-8H2,1-3H3. The van der Waals surface area contributed by atoms with Gasteiger partial charge in [0.2, 0.25) is 5.28 Å². The summed E-state index contributed by atoms with van der Waals surface area (Å²) in [5.74, 6) is 1.40. The van der Waals surface area contributed by atoms with Gasteiger partial charge in [0, 0.05) is 12.5 Å². The summed E-state index contributed by atoms with van der Waals surface area (Å²) in [6.07, 6.45) is 5.20. The molecule has 0 radical (unpaired) electrons. The van der Waals surface area contributed by atoms with Gasteiger partial charge >= 0.3 is 0 Å². The van der Waals surface area contributed by atoms with Gasteiger partial charge < -0.3 is 4.57 Å². The van der Waals surface area contributed by atoms with Crippen LogP contribution in [0, 0.1) is 5.41 Å². The second kappa shape index (κ2) is 4.36. The Morgan fingerprint density at radius 2 is 2.06 bits per heavy atom. The highest BCUT2D eigenvalue weighted by molar-refractivity contribution is 6.28. The normalized spacial score (nSPS) is 18.8. The van der Waals surface area contributed by atoms with Crippen LogP contribution in [0.25, 0.3) is 0 Å². The lowest BCUT2D eigenvalue weighted by molar-refractivity contribution is 0.0987. The summed E-state index contributed by atoms with van der Waals surface area (Å²) in [7, 11) is 0. The molecule has 1 aromatic heterocycles. The molecule has 1 aromatic rings. The molecule has 1 fully saturated rings. The van der Waals surface area contributed by atoms with E-state index in [1.54, 1.807) is 0 Å². The van der Waals surface area contributed by atoms with E-state index in [4.69, 9.17) is 11.6 Å². The smallest absolute Gasteiger partial charge is 0.225 e. The van der Waals surface area contributed by atoms with Crippen molar-refractivity contribution >= 4 is 11.6 Å². The molecule has 0 aromatic carbocycles. The van der Waals surface area contributed by atoms with Crippen LogP contribution in [0.15, 0.2) is 0 Å². The molecule has 1 saturated carbocycles. The lowest BCUT2D eigenvalue weighted by Crippen LogP contribution is -2.34. The summed E-state index contributed by atoms with van der Waals surface area (Å²) in [5.41, 5.74) is 0.454. The maximum Gasteiger partial charge on any atom is 0.225 e. The van der Waals surface area contributed by atoms with Crippen LogP contribution in [0.2, 0.25) is 5.28 Å². The Labute approximate surface area is 102 Å². The number of nitrogens with zero attached hydrogens (tertiary/aromatic N) is 3. The molecular formula is C12H20ClN3. The van der Waals surface area contributed by atoms with E-state index in [0.717, 1.165) is 12.4 Å². The van der Waals surface area contributed by atoms with Crippen molar-refractivity contribution in [2.45, 2.75) is 58.9 Å². The van der Waals surface area contributed by atoms with Crippen LogP contribution < -0.4 is 0 Å². The van der Waals surface area contributed by atoms with Crippen LogP contribution in [0.4, 0.5) is 0 Å². The van der Waals surface area contributed by atoms with Crippen LogP contribution >= 0.6 is 11.6 Å². The maximum absolute atomic E-state index is 6.12. The predicted molar refractivity (Wildman–Crippen MR) is 65.7 cm³/mol. The third-order valence-corrected chi connectivity index (χ3v) is 4.19. The Balaban J connectivity index is 2.23. The minimum absolute atomic E-state index is 0.383. The highest BCUT2D eigenvalue weighted by Crippen LogP contribution is 2.45. The highest BCUT2D eigenvalue weighted by atomic mass is 35.5. The number of hydrogen-bond acceptors (Lipinski definition) is 2. The average Bonchev–Trinajstić information content (AvgIpc) is 2.54. The largest absolute Gasteiger partial charge is 0.301 e. The van der Waals surface area contributed by atoms with E-state index >= 15 is 0 Å². The Morgan fingerprint density at radius 3 is 2.50 bits per heavy atom. The Hall–Kier alpha value is -0.570. The molecule has 2 rings (SSSR count). The Bertz CT molecular complexity index is 361. The fraction of sp³-hybridized carbons (Fsp3) is 0.833. The Morgan fingerprint density at radius 1 is 1.38 bits per heavy atom. The second-order valence-corrected chi connectivity index (χ2v) is 5.61. The average molecular weight is 242 g/mol. The first-order valence-corrected chi connectivity index (χ1v) is 6.54. The number of rotatable bonds is 4. The molecule has 0 atom stereocenters. The number of halogens is 1. The molecule has 3 nitrogen and oxygen atoms in total. The molecule has 16 heavy (non-hydrogen) atoms. The summed E-state index contributed by atoms with van der Waals surface area (Å²) in [6, 6.07) is 0. The molecular weight excluding hydrogens is 222 g/mol. The molecule has 0 bridgehead atoms. The molecule has 0 unspecified atom stereocenters. The van der Waals surface area contributed by atoms with Crippen LogP contribution in [0.1, 0.15) is 58.2 Å². The first kappa shape index (κ1) is 11.9. The lowest BCUT2D eigenvalue weighted by atomic mass is 9.67. The van der Waals surface area contributed by atoms with Gasteiger partial charge in [0.05, 0.1) is 0 Å². The van der Waals surface area contributed by atoms with E-state index < -0.39 is 0 Å². The van der Waals surface area contributed by atoms with Gasteiger partial charge in [-0.25, -0.2) is 0 Å². The van der Waals surface area contributed by atoms with Crippen LogP contribution in [-0.2, 0) is 6.54 Å². The van der Waals surface area contributed by atoms with Gasteiger partial charge in [-0.05, 0) is 36.3 Å². The quantitative estimate of drug-likeness (QED) is 0.806. The van der Waals surface area contributed by atoms with Crippen molar-refractivity contribution < 1.29 is 0 Å². The van der Waals surface area contributed by atoms with Crippen LogP contribution in [0.3, 0.4) is 0 Å². The Kier molecular flexibility index (Phi) is 3.24. The topological polar surface area (TPSA) is 30.7 Å². The summed E-state index contributed by atoms with van der Waals surface area (Å²) < 4.78 is 2.11. The van der Waals surface area contributed by atoms with Gasteiger partial charge in [0.25, 0.3) is 0 Å². The van der Waals surface area contributed by atoms with Crippen molar-refractivity contribution in [2.75, 3.05) is 0 Å². The maximum atomic E-state index is 6.12. The molecule has 1 aliphatic carbocycles. The fourth-order valence-electron chi connectivity index (χ4n) is 2.50. The molecule has 0 spiro atoms. The first-order valence-electron chi connectivity index (χ1n) is 6.16. The van der Waals surface area contributed by atoms with Gasteiger partial charge in [-0.15, -0.1) is 10.2 Å². The second-order valence-electron chi connectivity index (χ2n) is 5.28. The van der Waals surface area contributed by atoms with E-state index in [9.17, 15) is 0 Å². The van der Waals surface area contributed by atoms with Crippen molar-refractivity contribution in [1.29, 1.82) is 0 Å². The zero-order chi connectivity index (χ0) is 11.8. The highest BCUT2D eigenvalue weighted by Gasteiger charge is 2.36. The third kappa shape index (κ3) is 1.97. The zero-order valence-corrected chi connectivity index (χ0v) is 11.1. The van der Waals surface area contributed by atoms with Crippen molar-refractivity contribution in [2.24, 2.45) is 5.41 Å². The van der Waals surface area contributed by atoms with Crippen molar-refractivity contribution in [3.8, 4) is 0 Å². The lowest BCUT2D eigenvalue weighted by Gasteiger charge is -2.41. The molecule has 4 heteroatoms. The predicted octanol–water partition coefficient (Wildman–Crippen LogP) is 3.64. The summed E-state index contributed by atoms with van der Waals surface area (Å²) in [6.45, 7) is 7.53. The van der Waals surface area contributed by atoms with E-state index in [0.29, 0.717) is 16.6 Å². The van der Waals surface area contributed by atoms with Gasteiger partial charge in [-0.1, -0.05) is 27.2 Å². The first-order chi connectivity index (χ1) is 7.58. The summed E-state index contributed by atoms with van der Waals surface area (Å²) in [4.78, 5) is 0. The van der Waals surface area contributed by atoms with E-state index in [1.165, 1.54) is 25.7 Å². The molecule has 0 N–H and O–H groups in total. The van der Waals surface area contributed by atoms with Gasteiger partial charge in [0.15, 0.2) is 0 Å². The molecule has 0 saturated heterocycles. The minimum atomic E-state index is 0.383. The summed E-state index contributed by atoms with van der Waals surface area (Å²) in [5, 5.41) is 8.71. The van der Waals surface area contributed by atoms with Gasteiger partial charge in [-0.2, -0.15) is 0 Å². The molecule has 90 valence electrons. The summed E-state index contributed by atoms with van der Waals surface area (Å²) >= 11 is 6.12. The molecule has 0 aliphatic heterocycles. The number of hydrogen-bond donors (Lipinski definition) is 0. The van der Waals surface area contributed by atoms with Crippen LogP contribution in [0.5, 0.6) is 0 Å². The van der Waals surface area contributed by atoms with Crippen molar-refractivity contribution in [3.05, 3.63) is 11.1 Å². The molecule has 1 heterocycles. The molecule has 0 amide bonds. The van der Waals surface area contributed by atoms with Crippen molar-refractivity contribution in [1.82, 2.24) is 14.8 Å². The minimum Gasteiger partial charge on any atom is -0.301 e. The van der Waals surface area contributed by atoms with E-state index in [-0.39, 0.29) is 0 Å². The SMILES string of the molecule is CCC1(Cn2c(Cl)nnc2C(C)C)CCC1. The fourth-order valence-corrected chi connectivity index (χ4v) is 2.69. The van der Waals surface area contributed by atoms with Gasteiger partial charge in [0.1, 0.15) is 5.82 Å². The van der Waals surface area contributed by atoms with E-state index in [2.05, 4.69) is 35.5 Å². The monoisotopic (exact) mass is 241 g/mol. The zero-order valence-electron chi connectivity index (χ0n) is 10.3. The molecule has 1 aliphatic rings. The third-order valence-electron chi connectivity index (χ3n) is 3.91. The number of aromatic nitrogens is 3. The van der Waals surface area contributed by atoms with Crippen molar-refractivity contribution in [3.63, 3.8) is 0 Å².